The molecule has 0 aromatic heterocycles. The smallest absolute Gasteiger partial charge is 0.104 e. The Balaban J connectivity index is 2.10. The number of hydrogen-bond acceptors (Lipinski definition) is 2. The van der Waals surface area contributed by atoms with Gasteiger partial charge in [0, 0.05) is 24.8 Å². The van der Waals surface area contributed by atoms with E-state index in [1.165, 1.54) is 22.4 Å². The highest BCUT2D eigenvalue weighted by atomic mass is 16.2. The fourth-order valence-corrected chi connectivity index (χ4v) is 2.43. The van der Waals surface area contributed by atoms with Crippen molar-refractivity contribution in [1.82, 2.24) is 0 Å². The van der Waals surface area contributed by atoms with Crippen LogP contribution in [0.1, 0.15) is 22.3 Å². The normalized spacial score (nSPS) is 9.90. The third-order valence-corrected chi connectivity index (χ3v) is 3.45. The van der Waals surface area contributed by atoms with Gasteiger partial charge in [0.25, 0.3) is 0 Å². The van der Waals surface area contributed by atoms with Crippen molar-refractivity contribution in [2.75, 3.05) is 18.6 Å². The zero-order valence-electron chi connectivity index (χ0n) is 12.9. The second kappa shape index (κ2) is 6.97. The molecule has 0 heterocycles. The molecule has 2 aromatic rings. The van der Waals surface area contributed by atoms with Crippen LogP contribution in [0, 0.1) is 25.7 Å². The lowest BCUT2D eigenvalue weighted by molar-refractivity contribution is 0.350. The highest BCUT2D eigenvalue weighted by Crippen LogP contribution is 2.21. The molecule has 0 spiro atoms. The molecule has 0 amide bonds. The van der Waals surface area contributed by atoms with E-state index in [4.69, 9.17) is 5.11 Å². The number of aliphatic hydroxyl groups is 1. The molecule has 0 bridgehead atoms. The van der Waals surface area contributed by atoms with E-state index < -0.39 is 0 Å². The number of aryl methyl sites for hydroxylation is 2. The van der Waals surface area contributed by atoms with Crippen LogP contribution in [-0.4, -0.2) is 18.8 Å². The van der Waals surface area contributed by atoms with Crippen LogP contribution in [-0.2, 0) is 6.54 Å². The highest BCUT2D eigenvalue weighted by molar-refractivity contribution is 5.54. The van der Waals surface area contributed by atoms with Crippen LogP contribution in [0.5, 0.6) is 0 Å². The molecule has 2 nitrogen and oxygen atoms in total. The molecule has 0 aliphatic heterocycles. The first kappa shape index (κ1) is 15.2. The maximum atomic E-state index is 8.69. The summed E-state index contributed by atoms with van der Waals surface area (Å²) < 4.78 is 0. The maximum absolute atomic E-state index is 8.69. The van der Waals surface area contributed by atoms with Gasteiger partial charge in [0.15, 0.2) is 0 Å². The Hall–Kier alpha value is -2.24. The van der Waals surface area contributed by atoms with Gasteiger partial charge in [0.2, 0.25) is 0 Å². The van der Waals surface area contributed by atoms with Crippen LogP contribution in [0.15, 0.2) is 42.5 Å². The van der Waals surface area contributed by atoms with Crippen LogP contribution in [0.4, 0.5) is 5.69 Å². The quantitative estimate of drug-likeness (QED) is 0.872. The zero-order chi connectivity index (χ0) is 15.2. The molecule has 2 rings (SSSR count). The lowest BCUT2D eigenvalue weighted by Crippen LogP contribution is -2.17. The number of anilines is 1. The fourth-order valence-electron chi connectivity index (χ4n) is 2.43. The Morgan fingerprint density at radius 3 is 2.38 bits per heavy atom. The summed E-state index contributed by atoms with van der Waals surface area (Å²) in [5.41, 5.74) is 6.01. The zero-order valence-corrected chi connectivity index (χ0v) is 12.9. The Morgan fingerprint density at radius 2 is 1.76 bits per heavy atom. The minimum Gasteiger partial charge on any atom is -0.384 e. The van der Waals surface area contributed by atoms with Gasteiger partial charge < -0.3 is 10.0 Å². The van der Waals surface area contributed by atoms with Gasteiger partial charge in [-0.3, -0.25) is 0 Å². The van der Waals surface area contributed by atoms with Gasteiger partial charge in [0.1, 0.15) is 6.61 Å². The van der Waals surface area contributed by atoms with Crippen molar-refractivity contribution in [1.29, 1.82) is 0 Å². The molecular formula is C19H21NO. The molecule has 2 heteroatoms. The second-order valence-corrected chi connectivity index (χ2v) is 5.30. The summed E-state index contributed by atoms with van der Waals surface area (Å²) in [4.78, 5) is 2.25. The Kier molecular flexibility index (Phi) is 5.03. The predicted molar refractivity (Wildman–Crippen MR) is 88.4 cm³/mol. The number of hydrogen-bond donors (Lipinski definition) is 1. The van der Waals surface area contributed by atoms with Gasteiger partial charge in [0.05, 0.1) is 0 Å². The van der Waals surface area contributed by atoms with E-state index in [0.29, 0.717) is 0 Å². The molecule has 0 unspecified atom stereocenters. The first-order valence-corrected chi connectivity index (χ1v) is 7.07. The number of rotatable bonds is 3. The molecule has 0 saturated carbocycles. The second-order valence-electron chi connectivity index (χ2n) is 5.30. The van der Waals surface area contributed by atoms with E-state index in [-0.39, 0.29) is 6.61 Å². The minimum absolute atomic E-state index is 0.100. The first-order valence-electron chi connectivity index (χ1n) is 7.07. The molecule has 0 aliphatic rings. The lowest BCUT2D eigenvalue weighted by atomic mass is 10.1. The summed E-state index contributed by atoms with van der Waals surface area (Å²) in [6, 6.07) is 14.7. The van der Waals surface area contributed by atoms with Gasteiger partial charge in [-0.2, -0.15) is 0 Å². The fraction of sp³-hybridized carbons (Fsp3) is 0.263. The van der Waals surface area contributed by atoms with Crippen LogP contribution < -0.4 is 4.90 Å². The van der Waals surface area contributed by atoms with E-state index in [1.54, 1.807) is 0 Å². The van der Waals surface area contributed by atoms with Gasteiger partial charge in [-0.25, -0.2) is 0 Å². The standard InChI is InChI=1S/C19H21NO/c1-15-6-11-19(16(2)13-15)20(3)14-18-9-7-17(8-10-18)5-4-12-21/h6-11,13,21H,12,14H2,1-3H3. The Morgan fingerprint density at radius 1 is 1.05 bits per heavy atom. The average Bonchev–Trinajstić information content (AvgIpc) is 2.46. The van der Waals surface area contributed by atoms with Crippen LogP contribution >= 0.6 is 0 Å². The van der Waals surface area contributed by atoms with Crippen molar-refractivity contribution in [2.45, 2.75) is 20.4 Å². The van der Waals surface area contributed by atoms with Crippen molar-refractivity contribution >= 4 is 5.69 Å². The van der Waals surface area contributed by atoms with Crippen molar-refractivity contribution in [3.8, 4) is 11.8 Å². The van der Waals surface area contributed by atoms with Crippen molar-refractivity contribution in [3.05, 3.63) is 64.7 Å². The molecule has 1 N–H and O–H groups in total. The summed E-state index contributed by atoms with van der Waals surface area (Å²) in [6.07, 6.45) is 0. The maximum Gasteiger partial charge on any atom is 0.104 e. The van der Waals surface area contributed by atoms with Crippen molar-refractivity contribution in [3.63, 3.8) is 0 Å². The summed E-state index contributed by atoms with van der Waals surface area (Å²) in [5.74, 6) is 5.57. The average molecular weight is 279 g/mol. The third-order valence-electron chi connectivity index (χ3n) is 3.45. The monoisotopic (exact) mass is 279 g/mol. The minimum atomic E-state index is -0.100. The molecule has 0 aliphatic carbocycles. The molecule has 0 radical (unpaired) electrons. The van der Waals surface area contributed by atoms with Gasteiger partial charge >= 0.3 is 0 Å². The number of benzene rings is 2. The van der Waals surface area contributed by atoms with Crippen LogP contribution in [0.3, 0.4) is 0 Å². The summed E-state index contributed by atoms with van der Waals surface area (Å²) in [7, 11) is 2.11. The lowest BCUT2D eigenvalue weighted by Gasteiger charge is -2.22. The summed E-state index contributed by atoms with van der Waals surface area (Å²) in [5, 5.41) is 8.69. The van der Waals surface area contributed by atoms with E-state index in [2.05, 4.69) is 68.0 Å². The van der Waals surface area contributed by atoms with Crippen molar-refractivity contribution in [2.24, 2.45) is 0 Å². The van der Waals surface area contributed by atoms with E-state index in [0.717, 1.165) is 12.1 Å². The van der Waals surface area contributed by atoms with Crippen molar-refractivity contribution < 1.29 is 5.11 Å². The van der Waals surface area contributed by atoms with Crippen LogP contribution in [0.2, 0.25) is 0 Å². The van der Waals surface area contributed by atoms with Gasteiger partial charge in [-0.1, -0.05) is 41.7 Å². The number of aliphatic hydroxyl groups excluding tert-OH is 1. The molecule has 0 saturated heterocycles. The van der Waals surface area contributed by atoms with E-state index >= 15 is 0 Å². The number of nitrogens with zero attached hydrogens (tertiary/aromatic N) is 1. The summed E-state index contributed by atoms with van der Waals surface area (Å²) in [6.45, 7) is 5.02. The molecule has 2 aromatic carbocycles. The molecule has 108 valence electrons. The summed E-state index contributed by atoms with van der Waals surface area (Å²) >= 11 is 0. The van der Waals surface area contributed by atoms with E-state index in [1.807, 2.05) is 12.1 Å². The highest BCUT2D eigenvalue weighted by Gasteiger charge is 2.05. The Labute approximate surface area is 127 Å². The molecular weight excluding hydrogens is 258 g/mol. The molecule has 0 fully saturated rings. The largest absolute Gasteiger partial charge is 0.384 e. The van der Waals surface area contributed by atoms with E-state index in [9.17, 15) is 0 Å². The first-order chi connectivity index (χ1) is 10.1. The SMILES string of the molecule is Cc1ccc(N(C)Cc2ccc(C#CCO)cc2)c(C)c1. The predicted octanol–water partition coefficient (Wildman–Crippen LogP) is 3.28. The van der Waals surface area contributed by atoms with Gasteiger partial charge in [-0.15, -0.1) is 0 Å². The Bertz CT molecular complexity index is 662. The molecule has 0 atom stereocenters. The topological polar surface area (TPSA) is 23.5 Å². The third kappa shape index (κ3) is 4.11. The van der Waals surface area contributed by atoms with Gasteiger partial charge in [-0.05, 0) is 43.2 Å². The van der Waals surface area contributed by atoms with Crippen LogP contribution in [0.25, 0.3) is 0 Å². The molecule has 21 heavy (non-hydrogen) atoms.